The average Bonchev–Trinajstić information content (AvgIpc) is 2.46. The van der Waals surface area contributed by atoms with Crippen LogP contribution < -0.4 is 0 Å². The van der Waals surface area contributed by atoms with E-state index in [0.717, 1.165) is 5.56 Å². The number of carbonyl (C=O) groups excluding carboxylic acids is 2. The third kappa shape index (κ3) is 7.14. The normalized spacial score (nSPS) is 15.3. The Bertz CT molecular complexity index is 601. The third-order valence-corrected chi connectivity index (χ3v) is 4.08. The van der Waals surface area contributed by atoms with Gasteiger partial charge in [-0.25, -0.2) is 4.39 Å². The van der Waals surface area contributed by atoms with Crippen molar-refractivity contribution in [3.8, 4) is 0 Å². The van der Waals surface area contributed by atoms with E-state index in [1.165, 1.54) is 12.1 Å². The van der Waals surface area contributed by atoms with Gasteiger partial charge in [0.05, 0.1) is 12.3 Å². The van der Waals surface area contributed by atoms with Crippen molar-refractivity contribution in [3.05, 3.63) is 35.6 Å². The Morgan fingerprint density at radius 2 is 1.58 bits per heavy atom. The molecule has 0 radical (unpaired) electrons. The van der Waals surface area contributed by atoms with Crippen LogP contribution in [-0.2, 0) is 19.1 Å². The molecule has 5 heteroatoms. The largest absolute Gasteiger partial charge is 0.462 e. The lowest BCUT2D eigenvalue weighted by molar-refractivity contribution is -0.163. The molecular formula is C21H31FO4. The summed E-state index contributed by atoms with van der Waals surface area (Å²) >= 11 is 0. The zero-order valence-electron chi connectivity index (χ0n) is 16.8. The molecule has 146 valence electrons. The highest BCUT2D eigenvalue weighted by atomic mass is 19.1. The van der Waals surface area contributed by atoms with E-state index in [2.05, 4.69) is 0 Å². The fourth-order valence-corrected chi connectivity index (χ4v) is 2.97. The highest BCUT2D eigenvalue weighted by molar-refractivity contribution is 5.79. The molecule has 0 aliphatic rings. The Hall–Kier alpha value is -1.91. The zero-order chi connectivity index (χ0) is 20.1. The lowest BCUT2D eigenvalue weighted by Gasteiger charge is -2.29. The fraction of sp³-hybridized carbons (Fsp3) is 0.619. The molecule has 0 N–H and O–H groups in total. The van der Waals surface area contributed by atoms with E-state index in [0.29, 0.717) is 0 Å². The van der Waals surface area contributed by atoms with Gasteiger partial charge in [0, 0.05) is 5.92 Å². The first-order valence-corrected chi connectivity index (χ1v) is 9.08. The first-order valence-electron chi connectivity index (χ1n) is 9.08. The predicted octanol–water partition coefficient (Wildman–Crippen LogP) is 4.86. The van der Waals surface area contributed by atoms with Crippen molar-refractivity contribution in [3.63, 3.8) is 0 Å². The maximum Gasteiger partial charge on any atom is 0.309 e. The van der Waals surface area contributed by atoms with E-state index in [1.807, 2.05) is 20.8 Å². The summed E-state index contributed by atoms with van der Waals surface area (Å²) in [4.78, 5) is 24.3. The molecule has 1 rings (SSSR count). The second kappa shape index (κ2) is 9.15. The number of hydrogen-bond donors (Lipinski definition) is 0. The summed E-state index contributed by atoms with van der Waals surface area (Å²) in [5.74, 6) is -1.61. The van der Waals surface area contributed by atoms with Crippen LogP contribution in [0.4, 0.5) is 4.39 Å². The van der Waals surface area contributed by atoms with Crippen LogP contribution >= 0.6 is 0 Å². The minimum Gasteiger partial charge on any atom is -0.462 e. The summed E-state index contributed by atoms with van der Waals surface area (Å²) in [5, 5.41) is 0. The molecule has 0 saturated heterocycles. The van der Waals surface area contributed by atoms with Gasteiger partial charge >= 0.3 is 11.9 Å². The molecule has 1 aromatic rings. The monoisotopic (exact) mass is 366 g/mol. The molecule has 0 aliphatic heterocycles. The minimum atomic E-state index is -0.590. The van der Waals surface area contributed by atoms with Gasteiger partial charge < -0.3 is 9.47 Å². The molecule has 1 aromatic carbocycles. The van der Waals surface area contributed by atoms with Gasteiger partial charge in [-0.1, -0.05) is 32.9 Å². The van der Waals surface area contributed by atoms with Crippen molar-refractivity contribution in [2.75, 3.05) is 0 Å². The van der Waals surface area contributed by atoms with E-state index in [9.17, 15) is 14.0 Å². The zero-order valence-corrected chi connectivity index (χ0v) is 16.8. The number of hydrogen-bond acceptors (Lipinski definition) is 4. The first-order chi connectivity index (χ1) is 11.9. The Kier molecular flexibility index (Phi) is 7.79. The summed E-state index contributed by atoms with van der Waals surface area (Å²) in [6.45, 7) is 12.9. The Balaban J connectivity index is 2.73. The average molecular weight is 366 g/mol. The fourth-order valence-electron chi connectivity index (χ4n) is 2.97. The second-order valence-electron chi connectivity index (χ2n) is 8.15. The molecule has 0 spiro atoms. The number of benzene rings is 1. The Morgan fingerprint density at radius 1 is 1.04 bits per heavy atom. The molecule has 0 aliphatic carbocycles. The SMILES string of the molecule is CC(C)[C@@H](c1ccc(F)cc1)[C@H](C)OC(=O)[C@H](C)CC(=O)OC(C)(C)C. The molecule has 0 aromatic heterocycles. The number of carbonyl (C=O) groups is 2. The molecule has 3 atom stereocenters. The number of rotatable bonds is 7. The van der Waals surface area contributed by atoms with Gasteiger partial charge in [-0.2, -0.15) is 0 Å². The van der Waals surface area contributed by atoms with Gasteiger partial charge in [-0.15, -0.1) is 0 Å². The summed E-state index contributed by atoms with van der Waals surface area (Å²) in [7, 11) is 0. The van der Waals surface area contributed by atoms with Crippen LogP contribution in [0.25, 0.3) is 0 Å². The van der Waals surface area contributed by atoms with E-state index in [-0.39, 0.29) is 24.1 Å². The topological polar surface area (TPSA) is 52.6 Å². The molecule has 0 fully saturated rings. The number of halogens is 1. The third-order valence-electron chi connectivity index (χ3n) is 4.08. The molecular weight excluding hydrogens is 335 g/mol. The lowest BCUT2D eigenvalue weighted by atomic mass is 9.84. The van der Waals surface area contributed by atoms with Crippen LogP contribution in [0.2, 0.25) is 0 Å². The predicted molar refractivity (Wildman–Crippen MR) is 99.2 cm³/mol. The summed E-state index contributed by atoms with van der Waals surface area (Å²) in [6.07, 6.45) is -0.417. The van der Waals surface area contributed by atoms with E-state index in [4.69, 9.17) is 9.47 Å². The van der Waals surface area contributed by atoms with Crippen LogP contribution in [0.15, 0.2) is 24.3 Å². The van der Waals surface area contributed by atoms with Crippen LogP contribution in [0.5, 0.6) is 0 Å². The summed E-state index contributed by atoms with van der Waals surface area (Å²) in [5.41, 5.74) is 0.334. The number of esters is 2. The Morgan fingerprint density at radius 3 is 2.04 bits per heavy atom. The number of ether oxygens (including phenoxy) is 2. The van der Waals surface area contributed by atoms with Crippen LogP contribution in [0.3, 0.4) is 0 Å². The van der Waals surface area contributed by atoms with Gasteiger partial charge in [0.2, 0.25) is 0 Å². The van der Waals surface area contributed by atoms with Gasteiger partial charge in [0.1, 0.15) is 17.5 Å². The smallest absolute Gasteiger partial charge is 0.309 e. The molecule has 0 unspecified atom stereocenters. The Labute approximate surface area is 156 Å². The maximum absolute atomic E-state index is 13.2. The van der Waals surface area contributed by atoms with Crippen LogP contribution in [0.1, 0.15) is 66.4 Å². The molecule has 0 amide bonds. The van der Waals surface area contributed by atoms with Crippen molar-refractivity contribution in [1.29, 1.82) is 0 Å². The van der Waals surface area contributed by atoms with Gasteiger partial charge in [-0.3, -0.25) is 9.59 Å². The second-order valence-corrected chi connectivity index (χ2v) is 8.15. The highest BCUT2D eigenvalue weighted by Crippen LogP contribution is 2.30. The first kappa shape index (κ1) is 22.1. The molecule has 0 heterocycles. The van der Waals surface area contributed by atoms with Crippen molar-refractivity contribution in [1.82, 2.24) is 0 Å². The highest BCUT2D eigenvalue weighted by Gasteiger charge is 2.29. The van der Waals surface area contributed by atoms with E-state index < -0.39 is 29.6 Å². The van der Waals surface area contributed by atoms with E-state index in [1.54, 1.807) is 39.8 Å². The molecule has 4 nitrogen and oxygen atoms in total. The van der Waals surface area contributed by atoms with Gasteiger partial charge in [0.15, 0.2) is 0 Å². The van der Waals surface area contributed by atoms with Crippen molar-refractivity contribution >= 4 is 11.9 Å². The molecule has 26 heavy (non-hydrogen) atoms. The van der Waals surface area contributed by atoms with Crippen LogP contribution in [-0.4, -0.2) is 23.6 Å². The molecule has 0 saturated carbocycles. The molecule has 0 bridgehead atoms. The lowest BCUT2D eigenvalue weighted by Crippen LogP contribution is -2.31. The van der Waals surface area contributed by atoms with Crippen molar-refractivity contribution in [2.45, 2.75) is 72.5 Å². The summed E-state index contributed by atoms with van der Waals surface area (Å²) < 4.78 is 24.0. The quantitative estimate of drug-likeness (QED) is 0.646. The van der Waals surface area contributed by atoms with Gasteiger partial charge in [-0.05, 0) is 51.3 Å². The minimum absolute atomic E-state index is 0.0221. The van der Waals surface area contributed by atoms with E-state index >= 15 is 0 Å². The van der Waals surface area contributed by atoms with Crippen molar-refractivity contribution < 1.29 is 23.5 Å². The van der Waals surface area contributed by atoms with Gasteiger partial charge in [0.25, 0.3) is 0 Å². The maximum atomic E-state index is 13.2. The summed E-state index contributed by atoms with van der Waals surface area (Å²) in [6, 6.07) is 6.25. The van der Waals surface area contributed by atoms with Crippen molar-refractivity contribution in [2.24, 2.45) is 11.8 Å². The van der Waals surface area contributed by atoms with Crippen LogP contribution in [0, 0.1) is 17.7 Å². The standard InChI is InChI=1S/C21H31FO4/c1-13(2)19(16-8-10-17(22)11-9-16)15(4)25-20(24)14(3)12-18(23)26-21(5,6)7/h8-11,13-15,19H,12H2,1-7H3/t14-,15+,19-/m1/s1.